The van der Waals surface area contributed by atoms with Crippen LogP contribution < -0.4 is 4.74 Å². The van der Waals surface area contributed by atoms with Crippen molar-refractivity contribution in [3.05, 3.63) is 22.6 Å². The zero-order valence-corrected chi connectivity index (χ0v) is 9.22. The van der Waals surface area contributed by atoms with Crippen LogP contribution in [0.15, 0.2) is 16.9 Å². The molecule has 0 unspecified atom stereocenters. The fraction of sp³-hybridized carbons (Fsp3) is 0.125. The van der Waals surface area contributed by atoms with Crippen LogP contribution in [0, 0.1) is 0 Å². The van der Waals surface area contributed by atoms with Gasteiger partial charge in [-0.1, -0.05) is 0 Å². The second kappa shape index (κ2) is 3.50. The highest BCUT2D eigenvalue weighted by atomic mass is 79.9. The molecule has 2 aromatic rings. The largest absolute Gasteiger partial charge is 0.482 e. The molecule has 0 amide bonds. The lowest BCUT2D eigenvalue weighted by Gasteiger charge is -2.05. The van der Waals surface area contributed by atoms with Crippen LogP contribution in [0.4, 0.5) is 0 Å². The Morgan fingerprint density at radius 1 is 1.67 bits per heavy atom. The SMILES string of the molecule is COc1cc(C(=O)O)nc2ncc(Br)n12. The van der Waals surface area contributed by atoms with Crippen molar-refractivity contribution >= 4 is 27.7 Å². The van der Waals surface area contributed by atoms with Gasteiger partial charge in [-0.05, 0) is 15.9 Å². The summed E-state index contributed by atoms with van der Waals surface area (Å²) in [6.07, 6.45) is 1.52. The molecule has 7 heteroatoms. The Morgan fingerprint density at radius 2 is 2.40 bits per heavy atom. The molecular weight excluding hydrogens is 266 g/mol. The van der Waals surface area contributed by atoms with Crippen molar-refractivity contribution in [3.8, 4) is 5.88 Å². The number of rotatable bonds is 2. The van der Waals surface area contributed by atoms with E-state index in [4.69, 9.17) is 9.84 Å². The number of imidazole rings is 1. The first-order valence-electron chi connectivity index (χ1n) is 3.94. The van der Waals surface area contributed by atoms with Crippen LogP contribution in [0.5, 0.6) is 5.88 Å². The van der Waals surface area contributed by atoms with E-state index in [0.717, 1.165) is 0 Å². The maximum atomic E-state index is 10.8. The quantitative estimate of drug-likeness (QED) is 0.888. The molecule has 0 fully saturated rings. The van der Waals surface area contributed by atoms with Gasteiger partial charge in [-0.15, -0.1) is 0 Å². The van der Waals surface area contributed by atoms with Crippen LogP contribution in [-0.4, -0.2) is 32.6 Å². The molecule has 2 heterocycles. The summed E-state index contributed by atoms with van der Waals surface area (Å²) in [7, 11) is 1.45. The molecule has 78 valence electrons. The zero-order valence-electron chi connectivity index (χ0n) is 7.64. The first-order valence-corrected chi connectivity index (χ1v) is 4.74. The first-order chi connectivity index (χ1) is 7.13. The normalized spacial score (nSPS) is 10.5. The molecule has 1 N–H and O–H groups in total. The molecule has 0 aliphatic heterocycles. The smallest absolute Gasteiger partial charge is 0.354 e. The maximum absolute atomic E-state index is 10.8. The van der Waals surface area contributed by atoms with Crippen LogP contribution in [0.25, 0.3) is 5.78 Å². The predicted octanol–water partition coefficient (Wildman–Crippen LogP) is 1.20. The van der Waals surface area contributed by atoms with E-state index >= 15 is 0 Å². The van der Waals surface area contributed by atoms with Gasteiger partial charge in [-0.25, -0.2) is 19.2 Å². The van der Waals surface area contributed by atoms with Gasteiger partial charge in [-0.2, -0.15) is 0 Å². The van der Waals surface area contributed by atoms with E-state index in [1.54, 1.807) is 4.40 Å². The van der Waals surface area contributed by atoms with E-state index in [9.17, 15) is 4.79 Å². The van der Waals surface area contributed by atoms with Gasteiger partial charge in [-0.3, -0.25) is 0 Å². The number of carboxylic acids is 1. The Bertz CT molecular complexity index is 537. The van der Waals surface area contributed by atoms with E-state index < -0.39 is 5.97 Å². The van der Waals surface area contributed by atoms with E-state index in [1.807, 2.05) is 0 Å². The second-order valence-electron chi connectivity index (χ2n) is 2.71. The molecule has 0 aliphatic carbocycles. The zero-order chi connectivity index (χ0) is 11.0. The van der Waals surface area contributed by atoms with Gasteiger partial charge >= 0.3 is 5.97 Å². The molecule has 0 saturated carbocycles. The van der Waals surface area contributed by atoms with Gasteiger partial charge in [0.15, 0.2) is 5.69 Å². The number of aromatic nitrogens is 3. The minimum atomic E-state index is -1.12. The average Bonchev–Trinajstić information content (AvgIpc) is 2.59. The number of carboxylic acid groups (broad SMARTS) is 1. The minimum Gasteiger partial charge on any atom is -0.482 e. The molecule has 0 spiro atoms. The molecule has 2 rings (SSSR count). The lowest BCUT2D eigenvalue weighted by atomic mass is 10.4. The summed E-state index contributed by atoms with van der Waals surface area (Å²) in [4.78, 5) is 18.5. The van der Waals surface area contributed by atoms with Crippen molar-refractivity contribution in [2.75, 3.05) is 7.11 Å². The Labute approximate surface area is 92.7 Å². The van der Waals surface area contributed by atoms with Gasteiger partial charge in [0.05, 0.1) is 13.3 Å². The molecular formula is C8H6BrN3O3. The predicted molar refractivity (Wildman–Crippen MR) is 54.2 cm³/mol. The van der Waals surface area contributed by atoms with Gasteiger partial charge in [0.25, 0.3) is 0 Å². The molecule has 0 saturated heterocycles. The van der Waals surface area contributed by atoms with Crippen LogP contribution in [0.1, 0.15) is 10.5 Å². The number of carbonyl (C=O) groups is 1. The number of nitrogens with zero attached hydrogens (tertiary/aromatic N) is 3. The number of aromatic carboxylic acids is 1. The minimum absolute atomic E-state index is 0.0996. The van der Waals surface area contributed by atoms with Crippen molar-refractivity contribution in [2.24, 2.45) is 0 Å². The Balaban J connectivity index is 2.79. The third kappa shape index (κ3) is 1.54. The van der Waals surface area contributed by atoms with E-state index in [0.29, 0.717) is 10.5 Å². The van der Waals surface area contributed by atoms with Gasteiger partial charge in [0.1, 0.15) is 4.60 Å². The summed E-state index contributed by atoms with van der Waals surface area (Å²) >= 11 is 3.25. The van der Waals surface area contributed by atoms with Gasteiger partial charge in [0.2, 0.25) is 11.7 Å². The van der Waals surface area contributed by atoms with Gasteiger partial charge in [0, 0.05) is 6.07 Å². The van der Waals surface area contributed by atoms with Crippen LogP contribution in [0.3, 0.4) is 0 Å². The fourth-order valence-corrected chi connectivity index (χ4v) is 1.62. The van der Waals surface area contributed by atoms with Crippen LogP contribution in [0.2, 0.25) is 0 Å². The van der Waals surface area contributed by atoms with E-state index in [-0.39, 0.29) is 11.5 Å². The standard InChI is InChI=1S/C8H6BrN3O3/c1-15-6-2-4(7(13)14)11-8-10-3-5(9)12(6)8/h2-3H,1H3,(H,13,14). The van der Waals surface area contributed by atoms with Crippen molar-refractivity contribution in [1.82, 2.24) is 14.4 Å². The first kappa shape index (κ1) is 9.91. The summed E-state index contributed by atoms with van der Waals surface area (Å²) in [5, 5.41) is 8.80. The average molecular weight is 272 g/mol. The summed E-state index contributed by atoms with van der Waals surface area (Å²) in [6, 6.07) is 1.34. The lowest BCUT2D eigenvalue weighted by molar-refractivity contribution is 0.0690. The Morgan fingerprint density at radius 3 is 3.00 bits per heavy atom. The molecule has 0 radical (unpaired) electrons. The maximum Gasteiger partial charge on any atom is 0.354 e. The molecule has 0 aromatic carbocycles. The number of hydrogen-bond donors (Lipinski definition) is 1. The van der Waals surface area contributed by atoms with Crippen molar-refractivity contribution in [3.63, 3.8) is 0 Å². The fourth-order valence-electron chi connectivity index (χ4n) is 1.19. The highest BCUT2D eigenvalue weighted by Crippen LogP contribution is 2.20. The Hall–Kier alpha value is -1.63. The van der Waals surface area contributed by atoms with E-state index in [2.05, 4.69) is 25.9 Å². The molecule has 2 aromatic heterocycles. The molecule has 0 atom stereocenters. The summed E-state index contributed by atoms with van der Waals surface area (Å²) < 4.78 is 7.26. The molecule has 6 nitrogen and oxygen atoms in total. The number of ether oxygens (including phenoxy) is 1. The summed E-state index contributed by atoms with van der Waals surface area (Å²) in [6.45, 7) is 0. The molecule has 15 heavy (non-hydrogen) atoms. The Kier molecular flexibility index (Phi) is 2.31. The van der Waals surface area contributed by atoms with Gasteiger partial charge < -0.3 is 9.84 Å². The highest BCUT2D eigenvalue weighted by molar-refractivity contribution is 9.10. The highest BCUT2D eigenvalue weighted by Gasteiger charge is 2.13. The topological polar surface area (TPSA) is 76.7 Å². The third-order valence-corrected chi connectivity index (χ3v) is 2.39. The summed E-state index contributed by atoms with van der Waals surface area (Å²) in [5.41, 5.74) is -0.0996. The number of halogens is 1. The number of methoxy groups -OCH3 is 1. The lowest BCUT2D eigenvalue weighted by Crippen LogP contribution is -2.05. The van der Waals surface area contributed by atoms with Crippen molar-refractivity contribution < 1.29 is 14.6 Å². The molecule has 0 aliphatic rings. The van der Waals surface area contributed by atoms with Crippen LogP contribution >= 0.6 is 15.9 Å². The van der Waals surface area contributed by atoms with E-state index in [1.165, 1.54) is 19.4 Å². The van der Waals surface area contributed by atoms with Crippen molar-refractivity contribution in [1.29, 1.82) is 0 Å². The number of fused-ring (bicyclic) bond motifs is 1. The monoisotopic (exact) mass is 271 g/mol. The summed E-state index contributed by atoms with van der Waals surface area (Å²) in [5.74, 6) is -0.477. The second-order valence-corrected chi connectivity index (χ2v) is 3.52. The number of hydrogen-bond acceptors (Lipinski definition) is 4. The molecule has 0 bridgehead atoms. The van der Waals surface area contributed by atoms with Crippen LogP contribution in [-0.2, 0) is 0 Å². The third-order valence-electron chi connectivity index (χ3n) is 1.83. The van der Waals surface area contributed by atoms with Crippen molar-refractivity contribution in [2.45, 2.75) is 0 Å².